The molecule has 0 saturated carbocycles. The monoisotopic (exact) mass is 393 g/mol. The van der Waals surface area contributed by atoms with Crippen molar-refractivity contribution in [3.63, 3.8) is 0 Å². The molecule has 0 aliphatic carbocycles. The van der Waals surface area contributed by atoms with Gasteiger partial charge >= 0.3 is 0 Å². The highest BCUT2D eigenvalue weighted by Crippen LogP contribution is 2.21. The van der Waals surface area contributed by atoms with Gasteiger partial charge in [-0.1, -0.05) is 17.3 Å². The number of hydrogen-bond acceptors (Lipinski definition) is 6. The van der Waals surface area contributed by atoms with E-state index >= 15 is 0 Å². The molecule has 0 radical (unpaired) electrons. The van der Waals surface area contributed by atoms with Crippen LogP contribution in [0.3, 0.4) is 0 Å². The maximum Gasteiger partial charge on any atom is 0.279 e. The summed E-state index contributed by atoms with van der Waals surface area (Å²) < 4.78 is 10.6. The van der Waals surface area contributed by atoms with Crippen LogP contribution in [-0.2, 0) is 11.3 Å². The summed E-state index contributed by atoms with van der Waals surface area (Å²) >= 11 is 0. The number of imidazole rings is 1. The standard InChI is InChI=1S/C20H23N7O2/c1-14(2)27-17-6-4-3-5-16(17)25-13-21-19(18(25)20(27)28)26-12-15(22-23-26)11-24-7-9-29-10-8-24/h3-6,12-14H,7-11H2,1-2H3. The van der Waals surface area contributed by atoms with E-state index in [2.05, 4.69) is 20.2 Å². The molecule has 1 saturated heterocycles. The normalized spacial score (nSPS) is 15.7. The lowest BCUT2D eigenvalue weighted by Gasteiger charge is -2.25. The number of morpholine rings is 1. The van der Waals surface area contributed by atoms with E-state index in [0.29, 0.717) is 17.9 Å². The van der Waals surface area contributed by atoms with Crippen molar-refractivity contribution in [2.75, 3.05) is 26.3 Å². The second-order valence-corrected chi connectivity index (χ2v) is 7.59. The fourth-order valence-corrected chi connectivity index (χ4v) is 3.96. The minimum atomic E-state index is -0.0866. The molecule has 1 aliphatic heterocycles. The van der Waals surface area contributed by atoms with E-state index in [-0.39, 0.29) is 11.6 Å². The predicted molar refractivity (Wildman–Crippen MR) is 108 cm³/mol. The highest BCUT2D eigenvalue weighted by Gasteiger charge is 2.20. The van der Waals surface area contributed by atoms with Gasteiger partial charge in [0.15, 0.2) is 11.3 Å². The zero-order chi connectivity index (χ0) is 20.0. The molecule has 0 spiro atoms. The minimum absolute atomic E-state index is 0.0211. The van der Waals surface area contributed by atoms with Gasteiger partial charge in [0.2, 0.25) is 0 Å². The average Bonchev–Trinajstić information content (AvgIpc) is 3.36. The van der Waals surface area contributed by atoms with Crippen LogP contribution in [0.4, 0.5) is 0 Å². The Balaban J connectivity index is 1.62. The van der Waals surface area contributed by atoms with Gasteiger partial charge in [0.05, 0.1) is 36.1 Å². The quantitative estimate of drug-likeness (QED) is 0.524. The summed E-state index contributed by atoms with van der Waals surface area (Å²) in [6.45, 7) is 7.96. The van der Waals surface area contributed by atoms with E-state index < -0.39 is 0 Å². The zero-order valence-corrected chi connectivity index (χ0v) is 16.5. The first kappa shape index (κ1) is 18.0. The van der Waals surface area contributed by atoms with Crippen LogP contribution in [-0.4, -0.2) is 60.1 Å². The molecule has 4 aromatic rings. The van der Waals surface area contributed by atoms with Crippen molar-refractivity contribution >= 4 is 16.6 Å². The third-order valence-electron chi connectivity index (χ3n) is 5.33. The lowest BCUT2D eigenvalue weighted by molar-refractivity contribution is 0.0336. The lowest BCUT2D eigenvalue weighted by Crippen LogP contribution is -2.35. The minimum Gasteiger partial charge on any atom is -0.379 e. The largest absolute Gasteiger partial charge is 0.379 e. The summed E-state index contributed by atoms with van der Waals surface area (Å²) in [5.74, 6) is 0.496. The van der Waals surface area contributed by atoms with Crippen molar-refractivity contribution in [2.45, 2.75) is 26.4 Å². The van der Waals surface area contributed by atoms with Crippen molar-refractivity contribution in [1.82, 2.24) is 33.8 Å². The third kappa shape index (κ3) is 3.02. The molecule has 1 fully saturated rings. The number of ether oxygens (including phenoxy) is 1. The number of nitrogens with zero attached hydrogens (tertiary/aromatic N) is 7. The van der Waals surface area contributed by atoms with Gasteiger partial charge in [-0.05, 0) is 26.0 Å². The molecule has 0 atom stereocenters. The molecule has 0 N–H and O–H groups in total. The molecule has 0 bridgehead atoms. The van der Waals surface area contributed by atoms with Crippen LogP contribution in [0.15, 0.2) is 41.6 Å². The molecule has 1 aliphatic rings. The molecule has 0 unspecified atom stereocenters. The molecule has 3 aromatic heterocycles. The first-order valence-corrected chi connectivity index (χ1v) is 9.85. The molecule has 4 heterocycles. The molecule has 1 aromatic carbocycles. The van der Waals surface area contributed by atoms with Crippen molar-refractivity contribution in [3.8, 4) is 5.82 Å². The number of fused-ring (bicyclic) bond motifs is 3. The topological polar surface area (TPSA) is 82.5 Å². The van der Waals surface area contributed by atoms with Crippen molar-refractivity contribution in [2.24, 2.45) is 0 Å². The number of hydrogen-bond donors (Lipinski definition) is 0. The van der Waals surface area contributed by atoms with E-state index in [4.69, 9.17) is 4.74 Å². The number of benzene rings is 1. The van der Waals surface area contributed by atoms with Crippen LogP contribution in [0, 0.1) is 0 Å². The highest BCUT2D eigenvalue weighted by atomic mass is 16.5. The average molecular weight is 393 g/mol. The Morgan fingerprint density at radius 1 is 1.14 bits per heavy atom. The second-order valence-electron chi connectivity index (χ2n) is 7.59. The van der Waals surface area contributed by atoms with Crippen LogP contribution < -0.4 is 5.56 Å². The summed E-state index contributed by atoms with van der Waals surface area (Å²) in [6, 6.07) is 7.89. The maximum atomic E-state index is 13.4. The van der Waals surface area contributed by atoms with Crippen LogP contribution in [0.5, 0.6) is 0 Å². The van der Waals surface area contributed by atoms with E-state index in [1.54, 1.807) is 15.6 Å². The Bertz CT molecular complexity index is 1230. The summed E-state index contributed by atoms with van der Waals surface area (Å²) in [5, 5.41) is 8.55. The van der Waals surface area contributed by atoms with Gasteiger partial charge in [0.25, 0.3) is 5.56 Å². The second kappa shape index (κ2) is 7.09. The Kier molecular flexibility index (Phi) is 4.40. The van der Waals surface area contributed by atoms with E-state index in [1.165, 1.54) is 0 Å². The Labute approximate surface area is 167 Å². The van der Waals surface area contributed by atoms with Crippen molar-refractivity contribution in [1.29, 1.82) is 0 Å². The number of rotatable bonds is 4. The van der Waals surface area contributed by atoms with Gasteiger partial charge in [0, 0.05) is 25.7 Å². The third-order valence-corrected chi connectivity index (χ3v) is 5.33. The highest BCUT2D eigenvalue weighted by molar-refractivity contribution is 5.80. The molecule has 9 heteroatoms. The summed E-state index contributed by atoms with van der Waals surface area (Å²) in [4.78, 5) is 20.2. The Hall–Kier alpha value is -3.04. The van der Waals surface area contributed by atoms with Gasteiger partial charge in [0.1, 0.15) is 6.33 Å². The van der Waals surface area contributed by atoms with Gasteiger partial charge in [-0.25, -0.2) is 4.98 Å². The lowest BCUT2D eigenvalue weighted by atomic mass is 10.2. The van der Waals surface area contributed by atoms with Crippen LogP contribution >= 0.6 is 0 Å². The van der Waals surface area contributed by atoms with Crippen LogP contribution in [0.1, 0.15) is 25.6 Å². The first-order chi connectivity index (χ1) is 14.1. The fraction of sp³-hybridized carbons (Fsp3) is 0.400. The molecule has 150 valence electrons. The predicted octanol–water partition coefficient (Wildman–Crippen LogP) is 1.64. The van der Waals surface area contributed by atoms with Gasteiger partial charge in [-0.3, -0.25) is 14.1 Å². The van der Waals surface area contributed by atoms with Crippen LogP contribution in [0.25, 0.3) is 22.4 Å². The number of para-hydroxylation sites is 2. The van der Waals surface area contributed by atoms with Gasteiger partial charge in [-0.15, -0.1) is 5.10 Å². The van der Waals surface area contributed by atoms with Gasteiger partial charge in [-0.2, -0.15) is 4.68 Å². The molecule has 5 rings (SSSR count). The fourth-order valence-electron chi connectivity index (χ4n) is 3.96. The SMILES string of the molecule is CC(C)n1c(=O)c2c(-n3cc(CN4CCOCC4)nn3)ncn2c2ccccc21. The van der Waals surface area contributed by atoms with E-state index in [9.17, 15) is 4.79 Å². The van der Waals surface area contributed by atoms with Crippen LogP contribution in [0.2, 0.25) is 0 Å². The molecular formula is C20H23N7O2. The summed E-state index contributed by atoms with van der Waals surface area (Å²) in [7, 11) is 0. The summed E-state index contributed by atoms with van der Waals surface area (Å²) in [6.07, 6.45) is 3.54. The summed E-state index contributed by atoms with van der Waals surface area (Å²) in [5.41, 5.74) is 3.08. The zero-order valence-electron chi connectivity index (χ0n) is 16.5. The Morgan fingerprint density at radius 2 is 1.90 bits per heavy atom. The molecular weight excluding hydrogens is 370 g/mol. The molecule has 0 amide bonds. The first-order valence-electron chi connectivity index (χ1n) is 9.85. The van der Waals surface area contributed by atoms with E-state index in [1.807, 2.05) is 48.7 Å². The molecule has 29 heavy (non-hydrogen) atoms. The van der Waals surface area contributed by atoms with Gasteiger partial charge < -0.3 is 9.30 Å². The Morgan fingerprint density at radius 3 is 2.66 bits per heavy atom. The smallest absolute Gasteiger partial charge is 0.279 e. The number of aromatic nitrogens is 6. The van der Waals surface area contributed by atoms with Crippen molar-refractivity contribution < 1.29 is 4.74 Å². The maximum absolute atomic E-state index is 13.4. The van der Waals surface area contributed by atoms with Crippen molar-refractivity contribution in [3.05, 3.63) is 52.8 Å². The molecule has 9 nitrogen and oxygen atoms in total. The van der Waals surface area contributed by atoms with E-state index in [0.717, 1.165) is 43.0 Å².